The molecule has 1 amide bonds. The molecule has 2 N–H and O–H groups in total. The van der Waals surface area contributed by atoms with E-state index in [4.69, 9.17) is 5.11 Å². The van der Waals surface area contributed by atoms with Gasteiger partial charge in [0.2, 0.25) is 11.0 Å². The normalized spacial score (nSPS) is 23.0. The van der Waals surface area contributed by atoms with E-state index in [2.05, 4.69) is 15.5 Å². The number of hydrogen-bond donors (Lipinski definition) is 2. The molecule has 0 saturated heterocycles. The van der Waals surface area contributed by atoms with E-state index >= 15 is 0 Å². The van der Waals surface area contributed by atoms with Gasteiger partial charge in [-0.25, -0.2) is 0 Å². The minimum absolute atomic E-state index is 0.245. The Labute approximate surface area is 115 Å². The maximum atomic E-state index is 12.1. The molecule has 19 heavy (non-hydrogen) atoms. The van der Waals surface area contributed by atoms with Crippen LogP contribution in [-0.2, 0) is 16.0 Å². The van der Waals surface area contributed by atoms with Crippen molar-refractivity contribution < 1.29 is 14.7 Å². The first-order chi connectivity index (χ1) is 9.11. The Morgan fingerprint density at radius 1 is 1.32 bits per heavy atom. The van der Waals surface area contributed by atoms with Gasteiger partial charge in [0, 0.05) is 0 Å². The monoisotopic (exact) mass is 283 g/mol. The van der Waals surface area contributed by atoms with Gasteiger partial charge in [-0.05, 0) is 19.3 Å². The van der Waals surface area contributed by atoms with Crippen LogP contribution in [0.4, 0.5) is 5.13 Å². The van der Waals surface area contributed by atoms with Crippen molar-refractivity contribution in [3.8, 4) is 0 Å². The molecule has 1 aliphatic carbocycles. The molecule has 0 spiro atoms. The average Bonchev–Trinajstić information content (AvgIpc) is 2.86. The van der Waals surface area contributed by atoms with E-state index in [1.165, 1.54) is 11.3 Å². The van der Waals surface area contributed by atoms with Gasteiger partial charge < -0.3 is 10.4 Å². The summed E-state index contributed by atoms with van der Waals surface area (Å²) >= 11 is 1.33. The number of aliphatic carboxylic acids is 1. The zero-order valence-corrected chi connectivity index (χ0v) is 11.6. The van der Waals surface area contributed by atoms with E-state index in [-0.39, 0.29) is 5.91 Å². The van der Waals surface area contributed by atoms with Gasteiger partial charge in [0.25, 0.3) is 0 Å². The minimum Gasteiger partial charge on any atom is -0.481 e. The summed E-state index contributed by atoms with van der Waals surface area (Å²) in [6, 6.07) is 0. The van der Waals surface area contributed by atoms with Gasteiger partial charge in [0.05, 0.1) is 11.8 Å². The van der Waals surface area contributed by atoms with E-state index in [0.29, 0.717) is 18.0 Å². The topological polar surface area (TPSA) is 92.2 Å². The number of carbonyl (C=O) groups is 2. The molecular formula is C12H17N3O3S. The fraction of sp³-hybridized carbons (Fsp3) is 0.667. The summed E-state index contributed by atoms with van der Waals surface area (Å²) < 4.78 is 0. The number of aryl methyl sites for hydroxylation is 1. The molecule has 2 unspecified atom stereocenters. The molecule has 104 valence electrons. The molecule has 0 bridgehead atoms. The highest BCUT2D eigenvalue weighted by Crippen LogP contribution is 2.31. The average molecular weight is 283 g/mol. The van der Waals surface area contributed by atoms with Crippen LogP contribution < -0.4 is 5.32 Å². The van der Waals surface area contributed by atoms with Crippen molar-refractivity contribution in [1.82, 2.24) is 10.2 Å². The van der Waals surface area contributed by atoms with Gasteiger partial charge >= 0.3 is 5.97 Å². The lowest BCUT2D eigenvalue weighted by Gasteiger charge is -2.26. The summed E-state index contributed by atoms with van der Waals surface area (Å²) in [6.45, 7) is 1.97. The van der Waals surface area contributed by atoms with E-state index in [9.17, 15) is 9.59 Å². The molecule has 1 fully saturated rings. The third kappa shape index (κ3) is 3.28. The number of nitrogens with one attached hydrogen (secondary N) is 1. The number of carboxylic acids is 1. The molecule has 1 saturated carbocycles. The number of carbonyl (C=O) groups excluding carboxylic acids is 1. The minimum atomic E-state index is -0.883. The molecule has 2 atom stereocenters. The largest absolute Gasteiger partial charge is 0.481 e. The molecule has 1 heterocycles. The second kappa shape index (κ2) is 6.10. The van der Waals surface area contributed by atoms with Crippen molar-refractivity contribution in [2.75, 3.05) is 5.32 Å². The highest BCUT2D eigenvalue weighted by Gasteiger charge is 2.35. The molecule has 1 aliphatic rings. The van der Waals surface area contributed by atoms with Crippen LogP contribution in [0.3, 0.4) is 0 Å². The SMILES string of the molecule is CCc1nnc(NC(=O)C2CCCCC2C(=O)O)s1. The third-order valence-electron chi connectivity index (χ3n) is 3.42. The summed E-state index contributed by atoms with van der Waals surface area (Å²) in [7, 11) is 0. The number of carboxylic acid groups (broad SMARTS) is 1. The van der Waals surface area contributed by atoms with E-state index in [0.717, 1.165) is 24.3 Å². The lowest BCUT2D eigenvalue weighted by Crippen LogP contribution is -2.36. The first-order valence-electron chi connectivity index (χ1n) is 6.48. The summed E-state index contributed by atoms with van der Waals surface area (Å²) in [4.78, 5) is 23.3. The van der Waals surface area contributed by atoms with Crippen LogP contribution >= 0.6 is 11.3 Å². The highest BCUT2D eigenvalue weighted by molar-refractivity contribution is 7.15. The predicted octanol–water partition coefficient (Wildman–Crippen LogP) is 1.93. The van der Waals surface area contributed by atoms with Crippen LogP contribution in [0.25, 0.3) is 0 Å². The van der Waals surface area contributed by atoms with Crippen LogP contribution in [-0.4, -0.2) is 27.2 Å². The van der Waals surface area contributed by atoms with Gasteiger partial charge in [-0.1, -0.05) is 31.1 Å². The van der Waals surface area contributed by atoms with E-state index < -0.39 is 17.8 Å². The quantitative estimate of drug-likeness (QED) is 0.880. The van der Waals surface area contributed by atoms with Crippen molar-refractivity contribution in [1.29, 1.82) is 0 Å². The number of nitrogens with zero attached hydrogens (tertiary/aromatic N) is 2. The lowest BCUT2D eigenvalue weighted by molar-refractivity contribution is -0.147. The van der Waals surface area contributed by atoms with Crippen molar-refractivity contribution in [2.24, 2.45) is 11.8 Å². The van der Waals surface area contributed by atoms with Crippen LogP contribution in [0.5, 0.6) is 0 Å². The standard InChI is InChI=1S/C12H17N3O3S/c1-2-9-14-15-12(19-9)13-10(16)7-5-3-4-6-8(7)11(17)18/h7-8H,2-6H2,1H3,(H,17,18)(H,13,15,16). The summed E-state index contributed by atoms with van der Waals surface area (Å²) in [5.74, 6) is -2.16. The van der Waals surface area contributed by atoms with Gasteiger partial charge in [-0.15, -0.1) is 10.2 Å². The second-order valence-corrected chi connectivity index (χ2v) is 5.74. The van der Waals surface area contributed by atoms with Crippen LogP contribution in [0.1, 0.15) is 37.6 Å². The Bertz CT molecular complexity index is 475. The van der Waals surface area contributed by atoms with E-state index in [1.54, 1.807) is 0 Å². The Morgan fingerprint density at radius 3 is 2.58 bits per heavy atom. The Morgan fingerprint density at radius 2 is 2.00 bits per heavy atom. The molecule has 0 aliphatic heterocycles. The summed E-state index contributed by atoms with van der Waals surface area (Å²) in [5, 5.41) is 21.0. The first-order valence-corrected chi connectivity index (χ1v) is 7.29. The summed E-state index contributed by atoms with van der Waals surface area (Å²) in [6.07, 6.45) is 3.75. The predicted molar refractivity (Wildman–Crippen MR) is 71.0 cm³/mol. The highest BCUT2D eigenvalue weighted by atomic mass is 32.1. The Hall–Kier alpha value is -1.50. The van der Waals surface area contributed by atoms with Crippen molar-refractivity contribution >= 4 is 28.3 Å². The van der Waals surface area contributed by atoms with Gasteiger partial charge in [0.1, 0.15) is 5.01 Å². The molecule has 2 rings (SSSR count). The van der Waals surface area contributed by atoms with Gasteiger partial charge in [-0.3, -0.25) is 9.59 Å². The maximum Gasteiger partial charge on any atom is 0.307 e. The lowest BCUT2D eigenvalue weighted by atomic mass is 9.79. The Kier molecular flexibility index (Phi) is 4.47. The van der Waals surface area contributed by atoms with Gasteiger partial charge in [-0.2, -0.15) is 0 Å². The molecule has 1 aromatic heterocycles. The van der Waals surface area contributed by atoms with Crippen LogP contribution in [0.15, 0.2) is 0 Å². The van der Waals surface area contributed by atoms with Crippen LogP contribution in [0, 0.1) is 11.8 Å². The first kappa shape index (κ1) is 13.9. The summed E-state index contributed by atoms with van der Waals surface area (Å²) in [5.41, 5.74) is 0. The van der Waals surface area contributed by atoms with Crippen molar-refractivity contribution in [3.05, 3.63) is 5.01 Å². The zero-order valence-electron chi connectivity index (χ0n) is 10.8. The number of amides is 1. The molecule has 0 radical (unpaired) electrons. The molecule has 7 heteroatoms. The van der Waals surface area contributed by atoms with Crippen molar-refractivity contribution in [3.63, 3.8) is 0 Å². The fourth-order valence-electron chi connectivity index (χ4n) is 2.39. The van der Waals surface area contributed by atoms with E-state index in [1.807, 2.05) is 6.92 Å². The number of hydrogen-bond acceptors (Lipinski definition) is 5. The molecule has 6 nitrogen and oxygen atoms in total. The second-order valence-electron chi connectivity index (χ2n) is 4.68. The number of aromatic nitrogens is 2. The molecule has 0 aromatic carbocycles. The van der Waals surface area contributed by atoms with Crippen molar-refractivity contribution in [2.45, 2.75) is 39.0 Å². The number of rotatable bonds is 4. The third-order valence-corrected chi connectivity index (χ3v) is 4.40. The maximum absolute atomic E-state index is 12.1. The van der Waals surface area contributed by atoms with Crippen LogP contribution in [0.2, 0.25) is 0 Å². The number of anilines is 1. The zero-order chi connectivity index (χ0) is 13.8. The van der Waals surface area contributed by atoms with Gasteiger partial charge in [0.15, 0.2) is 0 Å². The smallest absolute Gasteiger partial charge is 0.307 e. The molecule has 1 aromatic rings. The Balaban J connectivity index is 2.03. The molecular weight excluding hydrogens is 266 g/mol. The fourth-order valence-corrected chi connectivity index (χ4v) is 3.07.